The van der Waals surface area contributed by atoms with E-state index in [1.807, 2.05) is 24.9 Å². The van der Waals surface area contributed by atoms with Gasteiger partial charge in [0.15, 0.2) is 15.8 Å². The van der Waals surface area contributed by atoms with Crippen LogP contribution in [0.3, 0.4) is 0 Å². The Labute approximate surface area is 157 Å². The van der Waals surface area contributed by atoms with Crippen LogP contribution in [0.5, 0.6) is 0 Å². The molecule has 1 aromatic rings. The highest BCUT2D eigenvalue weighted by atomic mass is 32.2. The quantitative estimate of drug-likeness (QED) is 0.382. The van der Waals surface area contributed by atoms with Crippen LogP contribution < -0.4 is 5.32 Å². The Morgan fingerprint density at radius 1 is 1.35 bits per heavy atom. The lowest BCUT2D eigenvalue weighted by atomic mass is 10.2. The number of sulfone groups is 1. The summed E-state index contributed by atoms with van der Waals surface area (Å²) in [4.78, 5) is 6.62. The van der Waals surface area contributed by atoms with Crippen LogP contribution in [0.15, 0.2) is 40.2 Å². The first-order chi connectivity index (χ1) is 12.5. The zero-order chi connectivity index (χ0) is 19.0. The fraction of sp³-hybridized carbons (Fsp3) is 0.632. The molecule has 1 aliphatic carbocycles. The molecule has 1 aromatic carbocycles. The zero-order valence-electron chi connectivity index (χ0n) is 16.0. The van der Waals surface area contributed by atoms with E-state index in [1.165, 1.54) is 12.8 Å². The second-order valence-electron chi connectivity index (χ2n) is 6.83. The molecule has 1 fully saturated rings. The predicted octanol–water partition coefficient (Wildman–Crippen LogP) is 2.17. The second-order valence-corrected chi connectivity index (χ2v) is 8.87. The third kappa shape index (κ3) is 6.61. The van der Waals surface area contributed by atoms with Crippen LogP contribution in [0.2, 0.25) is 0 Å². The van der Waals surface area contributed by atoms with E-state index in [2.05, 4.69) is 10.3 Å². The SMILES string of the molecule is CCC(CS(=O)(=O)c1ccccc1)NC(=NC)N(C)CCOCC1CC1. The number of rotatable bonds is 10. The summed E-state index contributed by atoms with van der Waals surface area (Å²) in [5.74, 6) is 1.49. The molecule has 146 valence electrons. The maximum Gasteiger partial charge on any atom is 0.193 e. The Morgan fingerprint density at radius 2 is 2.04 bits per heavy atom. The molecule has 26 heavy (non-hydrogen) atoms. The molecule has 0 bridgehead atoms. The van der Waals surface area contributed by atoms with Crippen LogP contribution in [-0.2, 0) is 14.6 Å². The Balaban J connectivity index is 1.87. The minimum absolute atomic E-state index is 0.0402. The number of benzene rings is 1. The molecule has 0 amide bonds. The van der Waals surface area contributed by atoms with Gasteiger partial charge in [-0.2, -0.15) is 0 Å². The van der Waals surface area contributed by atoms with Crippen molar-refractivity contribution < 1.29 is 13.2 Å². The van der Waals surface area contributed by atoms with E-state index in [1.54, 1.807) is 31.3 Å². The van der Waals surface area contributed by atoms with Crippen molar-refractivity contribution in [2.75, 3.05) is 39.6 Å². The third-order valence-electron chi connectivity index (χ3n) is 4.54. The first-order valence-electron chi connectivity index (χ1n) is 9.26. The topological polar surface area (TPSA) is 71.0 Å². The van der Waals surface area contributed by atoms with Gasteiger partial charge in [-0.15, -0.1) is 0 Å². The third-order valence-corrected chi connectivity index (χ3v) is 6.38. The van der Waals surface area contributed by atoms with Gasteiger partial charge in [-0.05, 0) is 37.3 Å². The summed E-state index contributed by atoms with van der Waals surface area (Å²) in [6.45, 7) is 4.18. The van der Waals surface area contributed by atoms with Gasteiger partial charge in [-0.3, -0.25) is 4.99 Å². The van der Waals surface area contributed by atoms with Gasteiger partial charge >= 0.3 is 0 Å². The summed E-state index contributed by atoms with van der Waals surface area (Å²) in [6.07, 6.45) is 3.26. The van der Waals surface area contributed by atoms with Crippen molar-refractivity contribution in [1.29, 1.82) is 0 Å². The van der Waals surface area contributed by atoms with Crippen LogP contribution >= 0.6 is 0 Å². The molecule has 0 radical (unpaired) electrons. The fourth-order valence-electron chi connectivity index (χ4n) is 2.62. The molecule has 1 atom stereocenters. The molecule has 0 aliphatic heterocycles. The number of ether oxygens (including phenoxy) is 1. The Hall–Kier alpha value is -1.60. The average molecular weight is 382 g/mol. The number of aliphatic imine (C=N–C) groups is 1. The molecular weight excluding hydrogens is 350 g/mol. The van der Waals surface area contributed by atoms with Crippen molar-refractivity contribution in [3.8, 4) is 0 Å². The van der Waals surface area contributed by atoms with Gasteiger partial charge in [0.25, 0.3) is 0 Å². The summed E-state index contributed by atoms with van der Waals surface area (Å²) in [6, 6.07) is 8.39. The van der Waals surface area contributed by atoms with Crippen molar-refractivity contribution in [1.82, 2.24) is 10.2 Å². The molecule has 1 saturated carbocycles. The molecule has 0 spiro atoms. The summed E-state index contributed by atoms with van der Waals surface area (Å²) in [7, 11) is 0.314. The lowest BCUT2D eigenvalue weighted by Crippen LogP contribution is -2.47. The van der Waals surface area contributed by atoms with Crippen LogP contribution in [0.1, 0.15) is 26.2 Å². The van der Waals surface area contributed by atoms with Gasteiger partial charge in [-0.1, -0.05) is 25.1 Å². The van der Waals surface area contributed by atoms with E-state index >= 15 is 0 Å². The predicted molar refractivity (Wildman–Crippen MR) is 105 cm³/mol. The molecule has 0 aromatic heterocycles. The van der Waals surface area contributed by atoms with Gasteiger partial charge in [0.1, 0.15) is 0 Å². The van der Waals surface area contributed by atoms with Gasteiger partial charge in [0.05, 0.1) is 17.3 Å². The van der Waals surface area contributed by atoms with Gasteiger partial charge < -0.3 is 15.0 Å². The molecule has 1 N–H and O–H groups in total. The number of guanidine groups is 1. The molecule has 7 heteroatoms. The van der Waals surface area contributed by atoms with Crippen molar-refractivity contribution >= 4 is 15.8 Å². The number of likely N-dealkylation sites (N-methyl/N-ethyl adjacent to an activating group) is 1. The van der Waals surface area contributed by atoms with E-state index in [9.17, 15) is 8.42 Å². The first kappa shape index (κ1) is 20.7. The highest BCUT2D eigenvalue weighted by Crippen LogP contribution is 2.28. The monoisotopic (exact) mass is 381 g/mol. The number of nitrogens with zero attached hydrogens (tertiary/aromatic N) is 2. The lowest BCUT2D eigenvalue weighted by molar-refractivity contribution is 0.115. The molecule has 0 saturated heterocycles. The van der Waals surface area contributed by atoms with Crippen molar-refractivity contribution in [2.45, 2.75) is 37.1 Å². The van der Waals surface area contributed by atoms with Gasteiger partial charge in [0.2, 0.25) is 0 Å². The van der Waals surface area contributed by atoms with E-state index in [0.29, 0.717) is 30.4 Å². The second kappa shape index (κ2) is 9.92. The maximum absolute atomic E-state index is 12.6. The number of nitrogens with one attached hydrogen (secondary N) is 1. The summed E-state index contributed by atoms with van der Waals surface area (Å²) in [5.41, 5.74) is 0. The first-order valence-corrected chi connectivity index (χ1v) is 10.9. The largest absolute Gasteiger partial charge is 0.379 e. The molecule has 1 unspecified atom stereocenters. The number of hydrogen-bond acceptors (Lipinski definition) is 4. The molecule has 2 rings (SSSR count). The van der Waals surface area contributed by atoms with Crippen LogP contribution in [0.4, 0.5) is 0 Å². The Kier molecular flexibility index (Phi) is 7.90. The molecule has 1 aliphatic rings. The summed E-state index contributed by atoms with van der Waals surface area (Å²) >= 11 is 0. The lowest BCUT2D eigenvalue weighted by Gasteiger charge is -2.26. The summed E-state index contributed by atoms with van der Waals surface area (Å²) in [5, 5.41) is 3.28. The van der Waals surface area contributed by atoms with Crippen molar-refractivity contribution in [3.05, 3.63) is 30.3 Å². The highest BCUT2D eigenvalue weighted by Gasteiger charge is 2.23. The minimum Gasteiger partial charge on any atom is -0.379 e. The molecule has 6 nitrogen and oxygen atoms in total. The normalized spacial score (nSPS) is 16.3. The van der Waals surface area contributed by atoms with Crippen molar-refractivity contribution in [2.24, 2.45) is 10.9 Å². The van der Waals surface area contributed by atoms with Crippen LogP contribution in [0.25, 0.3) is 0 Å². The van der Waals surface area contributed by atoms with Crippen LogP contribution in [-0.4, -0.2) is 64.9 Å². The van der Waals surface area contributed by atoms with E-state index in [0.717, 1.165) is 12.5 Å². The minimum atomic E-state index is -3.34. The highest BCUT2D eigenvalue weighted by molar-refractivity contribution is 7.91. The molecular formula is C19H31N3O3S. The van der Waals surface area contributed by atoms with Gasteiger partial charge in [0, 0.05) is 33.3 Å². The van der Waals surface area contributed by atoms with E-state index in [4.69, 9.17) is 4.74 Å². The van der Waals surface area contributed by atoms with E-state index in [-0.39, 0.29) is 11.8 Å². The Morgan fingerprint density at radius 3 is 2.62 bits per heavy atom. The smallest absolute Gasteiger partial charge is 0.193 e. The van der Waals surface area contributed by atoms with Crippen molar-refractivity contribution in [3.63, 3.8) is 0 Å². The average Bonchev–Trinajstić information content (AvgIpc) is 3.47. The Bertz CT molecular complexity index is 673. The standard InChI is InChI=1S/C19H31N3O3S/c1-4-17(15-26(23,24)18-8-6-5-7-9-18)21-19(20-2)22(3)12-13-25-14-16-10-11-16/h5-9,16-17H,4,10-15H2,1-3H3,(H,20,21). The fourth-order valence-corrected chi connectivity index (χ4v) is 4.23. The molecule has 0 heterocycles. The maximum atomic E-state index is 12.6. The zero-order valence-corrected chi connectivity index (χ0v) is 16.8. The summed E-state index contributed by atoms with van der Waals surface area (Å²) < 4.78 is 30.9. The number of hydrogen-bond donors (Lipinski definition) is 1. The van der Waals surface area contributed by atoms with Crippen LogP contribution in [0, 0.1) is 5.92 Å². The van der Waals surface area contributed by atoms with Gasteiger partial charge in [-0.25, -0.2) is 8.42 Å². The van der Waals surface area contributed by atoms with E-state index < -0.39 is 9.84 Å².